The number of carbonyl (C=O) groups excluding carboxylic acids is 1. The Morgan fingerprint density at radius 2 is 1.75 bits per heavy atom. The van der Waals surface area contributed by atoms with E-state index in [1.807, 2.05) is 53.3 Å². The molecular weight excluding hydrogens is 753 g/mol. The molecule has 0 bridgehead atoms. The lowest BCUT2D eigenvalue weighted by molar-refractivity contribution is -0.697. The second-order valence-electron chi connectivity index (χ2n) is 12.4. The Bertz CT molecular complexity index is 2150. The Kier molecular flexibility index (Phi) is 12.3. The van der Waals surface area contributed by atoms with Gasteiger partial charge in [-0.2, -0.15) is 4.31 Å². The van der Waals surface area contributed by atoms with Gasteiger partial charge < -0.3 is 14.6 Å². The first-order valence-corrected chi connectivity index (χ1v) is 19.3. The molecule has 5 aromatic rings. The fraction of sp³-hybridized carbons (Fsp3) is 0.270. The van der Waals surface area contributed by atoms with Gasteiger partial charge in [0.2, 0.25) is 10.0 Å². The lowest BCUT2D eigenvalue weighted by atomic mass is 9.81. The van der Waals surface area contributed by atoms with Gasteiger partial charge in [0, 0.05) is 52.5 Å². The number of aryl methyl sites for hydroxylation is 1. The number of sulfonamides is 1. The van der Waals surface area contributed by atoms with Crippen molar-refractivity contribution in [1.29, 1.82) is 0 Å². The zero-order valence-corrected chi connectivity index (χ0v) is 31.9. The molecule has 3 aromatic carbocycles. The van der Waals surface area contributed by atoms with E-state index >= 15 is 4.39 Å². The van der Waals surface area contributed by atoms with Crippen molar-refractivity contribution in [3.63, 3.8) is 0 Å². The summed E-state index contributed by atoms with van der Waals surface area (Å²) in [4.78, 5) is 16.0. The third-order valence-corrected chi connectivity index (χ3v) is 12.3. The van der Waals surface area contributed by atoms with Crippen molar-refractivity contribution >= 4 is 51.0 Å². The summed E-state index contributed by atoms with van der Waals surface area (Å²) in [5, 5.41) is 12.6. The van der Waals surface area contributed by atoms with Crippen molar-refractivity contribution in [2.75, 3.05) is 13.7 Å². The molecule has 9 nitrogen and oxygen atoms in total. The first-order chi connectivity index (χ1) is 24.6. The summed E-state index contributed by atoms with van der Waals surface area (Å²) in [5.74, 6) is -2.47. The van der Waals surface area contributed by atoms with Gasteiger partial charge in [-0.25, -0.2) is 26.7 Å². The van der Waals surface area contributed by atoms with Crippen molar-refractivity contribution in [1.82, 2.24) is 13.9 Å². The number of rotatable bonds is 15. The van der Waals surface area contributed by atoms with Crippen LogP contribution in [0.2, 0.25) is 10.0 Å². The van der Waals surface area contributed by atoms with Crippen LogP contribution in [0.3, 0.4) is 0 Å². The van der Waals surface area contributed by atoms with Crippen LogP contribution in [0.1, 0.15) is 44.0 Å². The number of ether oxygens (including phenoxy) is 1. The highest BCUT2D eigenvalue weighted by Crippen LogP contribution is 2.40. The summed E-state index contributed by atoms with van der Waals surface area (Å²) in [7, 11) is -2.99. The number of benzene rings is 3. The van der Waals surface area contributed by atoms with Crippen LogP contribution in [-0.2, 0) is 32.5 Å². The van der Waals surface area contributed by atoms with Gasteiger partial charge in [-0.15, -0.1) is 0 Å². The maximum Gasteiger partial charge on any atom is 0.243 e. The normalized spacial score (nSPS) is 12.6. The molecule has 0 unspecified atom stereocenters. The number of halogens is 4. The standard InChI is InChI=1S/C37H36Cl2F2N4O5S2/c1-24(35(46)47)44(18-8-17-43-15-6-5-7-16-43)52(48,49)28-20-31(39)29(32(41)21-28)23-51-36-42-22-34(45(36)27-12-10-26(40)11-13-27)37(2,3)25-9-14-30(38)33(19-25)50-4/h5-7,9-16,19-22,24H,8,17-18,23H2,1-4H3/t24-/m1/s1. The number of imidazole rings is 1. The van der Waals surface area contributed by atoms with Crippen molar-refractivity contribution in [3.8, 4) is 11.4 Å². The third kappa shape index (κ3) is 8.44. The average Bonchev–Trinajstić information content (AvgIpc) is 3.55. The smallest absolute Gasteiger partial charge is 0.243 e. The lowest BCUT2D eigenvalue weighted by Crippen LogP contribution is -2.49. The van der Waals surface area contributed by atoms with Crippen LogP contribution in [-0.4, -0.2) is 47.9 Å². The first-order valence-electron chi connectivity index (χ1n) is 16.1. The highest BCUT2D eigenvalue weighted by atomic mass is 35.5. The predicted molar refractivity (Wildman–Crippen MR) is 194 cm³/mol. The van der Waals surface area contributed by atoms with Crippen LogP contribution < -0.4 is 14.4 Å². The second kappa shape index (κ2) is 16.3. The van der Waals surface area contributed by atoms with Gasteiger partial charge in [0.1, 0.15) is 23.9 Å². The molecule has 0 aliphatic carbocycles. The summed E-state index contributed by atoms with van der Waals surface area (Å²) in [6, 6.07) is 17.2. The van der Waals surface area contributed by atoms with Gasteiger partial charge in [0.15, 0.2) is 17.6 Å². The number of aliphatic carboxylic acids is 1. The fourth-order valence-electron chi connectivity index (χ4n) is 5.68. The number of aromatic nitrogens is 3. The molecule has 0 fully saturated rings. The van der Waals surface area contributed by atoms with E-state index in [9.17, 15) is 22.7 Å². The molecule has 0 aliphatic heterocycles. The topological polar surface area (TPSA) is 108 Å². The highest BCUT2D eigenvalue weighted by Gasteiger charge is 2.33. The van der Waals surface area contributed by atoms with Crippen LogP contribution in [0.15, 0.2) is 101 Å². The molecule has 0 spiro atoms. The van der Waals surface area contributed by atoms with E-state index in [4.69, 9.17) is 27.9 Å². The SMILES string of the molecule is COc1cc(C(C)(C)c2cnc(SCc3c(F)cc(S(=O)(=O)N(CCC[n+]4ccccc4)[C@H](C)C(=O)[O-])cc3Cl)n2-c2ccc(F)cc2)ccc1Cl. The van der Waals surface area contributed by atoms with Crippen LogP contribution >= 0.6 is 35.0 Å². The van der Waals surface area contributed by atoms with E-state index in [1.165, 1.54) is 26.2 Å². The van der Waals surface area contributed by atoms with Crippen molar-refractivity contribution in [2.24, 2.45) is 0 Å². The molecule has 1 atom stereocenters. The number of pyridine rings is 1. The van der Waals surface area contributed by atoms with E-state index in [-0.39, 0.29) is 29.3 Å². The van der Waals surface area contributed by atoms with Crippen molar-refractivity contribution < 1.29 is 36.4 Å². The van der Waals surface area contributed by atoms with Crippen LogP contribution in [0.25, 0.3) is 5.69 Å². The van der Waals surface area contributed by atoms with E-state index in [0.717, 1.165) is 39.5 Å². The molecule has 0 aliphatic rings. The molecular formula is C37H36Cl2F2N4O5S2. The van der Waals surface area contributed by atoms with Gasteiger partial charge in [-0.1, -0.05) is 60.9 Å². The molecule has 2 aromatic heterocycles. The molecule has 52 heavy (non-hydrogen) atoms. The summed E-state index contributed by atoms with van der Waals surface area (Å²) in [5.41, 5.74) is 1.53. The Hall–Kier alpha value is -4.01. The molecule has 2 heterocycles. The lowest BCUT2D eigenvalue weighted by Gasteiger charge is -2.29. The second-order valence-corrected chi connectivity index (χ2v) is 16.1. The van der Waals surface area contributed by atoms with Crippen LogP contribution in [0, 0.1) is 11.6 Å². The zero-order valence-electron chi connectivity index (χ0n) is 28.7. The van der Waals surface area contributed by atoms with E-state index in [0.29, 0.717) is 28.2 Å². The van der Waals surface area contributed by atoms with Crippen LogP contribution in [0.5, 0.6) is 5.75 Å². The average molecular weight is 790 g/mol. The van der Waals surface area contributed by atoms with Gasteiger partial charge in [-0.3, -0.25) is 4.57 Å². The molecule has 0 N–H and O–H groups in total. The summed E-state index contributed by atoms with van der Waals surface area (Å²) in [6.07, 6.45) is 5.57. The first kappa shape index (κ1) is 39.2. The van der Waals surface area contributed by atoms with Gasteiger partial charge >= 0.3 is 0 Å². The molecule has 274 valence electrons. The number of thioether (sulfide) groups is 1. The number of nitrogens with zero attached hydrogens (tertiary/aromatic N) is 4. The summed E-state index contributed by atoms with van der Waals surface area (Å²) < 4.78 is 67.2. The Morgan fingerprint density at radius 3 is 2.38 bits per heavy atom. The minimum Gasteiger partial charge on any atom is -0.548 e. The highest BCUT2D eigenvalue weighted by molar-refractivity contribution is 7.98. The van der Waals surface area contributed by atoms with E-state index in [2.05, 4.69) is 4.98 Å². The summed E-state index contributed by atoms with van der Waals surface area (Å²) in [6.45, 7) is 5.43. The van der Waals surface area contributed by atoms with E-state index < -0.39 is 44.0 Å². The maximum atomic E-state index is 15.8. The monoisotopic (exact) mass is 788 g/mol. The Balaban J connectivity index is 1.45. The maximum absolute atomic E-state index is 15.8. The van der Waals surface area contributed by atoms with Crippen LogP contribution in [0.4, 0.5) is 8.78 Å². The number of hydrogen-bond acceptors (Lipinski definition) is 7. The quantitative estimate of drug-likeness (QED) is 0.0871. The molecule has 0 saturated heterocycles. The van der Waals surface area contributed by atoms with Gasteiger partial charge in [-0.05, 0) is 61.0 Å². The minimum atomic E-state index is -4.51. The van der Waals surface area contributed by atoms with E-state index in [1.54, 1.807) is 36.8 Å². The predicted octanol–water partition coefficient (Wildman–Crippen LogP) is 6.59. The molecule has 5 rings (SSSR count). The molecule has 0 saturated carbocycles. The third-order valence-electron chi connectivity index (χ3n) is 8.74. The number of hydrogen-bond donors (Lipinski definition) is 0. The Labute approximate surface area is 315 Å². The number of carboxylic acid groups (broad SMARTS) is 1. The number of carboxylic acids is 1. The van der Waals surface area contributed by atoms with Crippen molar-refractivity contribution in [3.05, 3.63) is 130 Å². The molecule has 0 radical (unpaired) electrons. The Morgan fingerprint density at radius 1 is 1.06 bits per heavy atom. The summed E-state index contributed by atoms with van der Waals surface area (Å²) >= 11 is 14.0. The largest absolute Gasteiger partial charge is 0.548 e. The molecule has 0 amide bonds. The minimum absolute atomic E-state index is 0.0162. The zero-order chi connectivity index (χ0) is 37.8. The number of carbonyl (C=O) groups is 1. The van der Waals surface area contributed by atoms with Gasteiger partial charge in [0.25, 0.3) is 0 Å². The van der Waals surface area contributed by atoms with Crippen molar-refractivity contribution in [2.45, 2.75) is 61.0 Å². The van der Waals surface area contributed by atoms with Gasteiger partial charge in [0.05, 0.1) is 40.9 Å². The fourth-order valence-corrected chi connectivity index (χ4v) is 8.99. The number of methoxy groups -OCH3 is 1. The molecule has 15 heteroatoms.